The Bertz CT molecular complexity index is 829. The Morgan fingerprint density at radius 2 is 2.00 bits per heavy atom. The monoisotopic (exact) mass is 307 g/mol. The van der Waals surface area contributed by atoms with Crippen LogP contribution in [0.1, 0.15) is 16.7 Å². The fourth-order valence-corrected chi connectivity index (χ4v) is 3.10. The number of urea groups is 1. The lowest BCUT2D eigenvalue weighted by atomic mass is 10.1. The summed E-state index contributed by atoms with van der Waals surface area (Å²) in [5.74, 6) is 0.549. The van der Waals surface area contributed by atoms with Crippen molar-refractivity contribution in [1.82, 2.24) is 4.98 Å². The maximum Gasteiger partial charge on any atom is 0.329 e. The number of nitrogens with zero attached hydrogens (tertiary/aromatic N) is 4. The molecule has 0 spiro atoms. The summed E-state index contributed by atoms with van der Waals surface area (Å²) in [4.78, 5) is 24.7. The second-order valence-corrected chi connectivity index (χ2v) is 5.79. The minimum Gasteiger partial charge on any atom is -0.383 e. The molecular formula is C17H17N5O. The van der Waals surface area contributed by atoms with Crippen molar-refractivity contribution in [1.29, 1.82) is 0 Å². The molecule has 1 saturated heterocycles. The van der Waals surface area contributed by atoms with E-state index in [-0.39, 0.29) is 6.03 Å². The number of hydrogen-bond acceptors (Lipinski definition) is 4. The smallest absolute Gasteiger partial charge is 0.329 e. The van der Waals surface area contributed by atoms with Crippen LogP contribution in [0, 0.1) is 6.92 Å². The molecule has 1 aromatic carbocycles. The van der Waals surface area contributed by atoms with Crippen LogP contribution < -0.4 is 15.5 Å². The van der Waals surface area contributed by atoms with Gasteiger partial charge >= 0.3 is 6.03 Å². The molecule has 0 unspecified atom stereocenters. The topological polar surface area (TPSA) is 74.8 Å². The predicted molar refractivity (Wildman–Crippen MR) is 89.9 cm³/mol. The third-order valence-corrected chi connectivity index (χ3v) is 4.41. The Balaban J connectivity index is 1.65. The number of carbonyl (C=O) groups excluding carboxylic acids is 1. The van der Waals surface area contributed by atoms with Crippen molar-refractivity contribution in [2.75, 3.05) is 22.9 Å². The van der Waals surface area contributed by atoms with Gasteiger partial charge in [-0.05, 0) is 36.2 Å². The van der Waals surface area contributed by atoms with Crippen molar-refractivity contribution >= 4 is 23.2 Å². The van der Waals surface area contributed by atoms with Crippen molar-refractivity contribution < 1.29 is 4.79 Å². The number of pyridine rings is 1. The highest BCUT2D eigenvalue weighted by Crippen LogP contribution is 2.29. The van der Waals surface area contributed by atoms with Gasteiger partial charge in [-0.2, -0.15) is 0 Å². The maximum absolute atomic E-state index is 12.8. The van der Waals surface area contributed by atoms with Crippen molar-refractivity contribution in [2.24, 2.45) is 10.7 Å². The Morgan fingerprint density at radius 3 is 2.83 bits per heavy atom. The van der Waals surface area contributed by atoms with Crippen LogP contribution in [-0.2, 0) is 6.54 Å². The normalized spacial score (nSPS) is 16.7. The molecule has 0 aliphatic carbocycles. The van der Waals surface area contributed by atoms with Gasteiger partial charge in [-0.25, -0.2) is 4.79 Å². The Morgan fingerprint density at radius 1 is 1.17 bits per heavy atom. The van der Waals surface area contributed by atoms with Crippen LogP contribution in [0.15, 0.2) is 41.7 Å². The summed E-state index contributed by atoms with van der Waals surface area (Å²) < 4.78 is 0. The zero-order valence-electron chi connectivity index (χ0n) is 12.9. The molecule has 2 aromatic rings. The summed E-state index contributed by atoms with van der Waals surface area (Å²) in [5, 5.41) is 0. The maximum atomic E-state index is 12.8. The lowest BCUT2D eigenvalue weighted by Crippen LogP contribution is -2.32. The first kappa shape index (κ1) is 13.8. The molecule has 1 fully saturated rings. The van der Waals surface area contributed by atoms with Crippen molar-refractivity contribution in [2.45, 2.75) is 13.5 Å². The number of anilines is 2. The summed E-state index contributed by atoms with van der Waals surface area (Å²) >= 11 is 0. The number of nitrogens with two attached hydrogens (primary N) is 1. The number of aromatic nitrogens is 1. The third-order valence-electron chi connectivity index (χ3n) is 4.41. The third kappa shape index (κ3) is 2.14. The van der Waals surface area contributed by atoms with Gasteiger partial charge in [0.15, 0.2) is 0 Å². The van der Waals surface area contributed by atoms with Crippen LogP contribution in [0.25, 0.3) is 0 Å². The number of hydrogen-bond donors (Lipinski definition) is 1. The molecule has 23 heavy (non-hydrogen) atoms. The highest BCUT2D eigenvalue weighted by Gasteiger charge is 2.32. The molecule has 6 heteroatoms. The van der Waals surface area contributed by atoms with E-state index < -0.39 is 0 Å². The first-order valence-corrected chi connectivity index (χ1v) is 7.58. The van der Waals surface area contributed by atoms with Gasteiger partial charge in [0.2, 0.25) is 0 Å². The van der Waals surface area contributed by atoms with E-state index in [1.807, 2.05) is 31.2 Å². The van der Waals surface area contributed by atoms with Crippen molar-refractivity contribution in [3.8, 4) is 0 Å². The standard InChI is InChI=1S/C17H17N5O/c1-11-4-5-19-10-15(11)22-7-6-21(17(22)23)13-3-2-12-9-20-16(18)14(12)8-13/h2-5,8,10H,6-7,9H2,1H3,(H2,18,20). The number of aryl methyl sites for hydroxylation is 1. The van der Waals surface area contributed by atoms with Crippen molar-refractivity contribution in [3.05, 3.63) is 53.3 Å². The molecular weight excluding hydrogens is 290 g/mol. The molecule has 116 valence electrons. The average molecular weight is 307 g/mol. The molecule has 0 radical (unpaired) electrons. The summed E-state index contributed by atoms with van der Waals surface area (Å²) in [7, 11) is 0. The summed E-state index contributed by atoms with van der Waals surface area (Å²) in [5.41, 5.74) is 10.7. The summed E-state index contributed by atoms with van der Waals surface area (Å²) in [6.07, 6.45) is 3.48. The molecule has 2 N–H and O–H groups in total. The largest absolute Gasteiger partial charge is 0.383 e. The van der Waals surface area contributed by atoms with Crippen LogP contribution in [0.3, 0.4) is 0 Å². The molecule has 2 aliphatic rings. The van der Waals surface area contributed by atoms with Crippen molar-refractivity contribution in [3.63, 3.8) is 0 Å². The molecule has 1 aromatic heterocycles. The van der Waals surface area contributed by atoms with Crippen LogP contribution in [0.4, 0.5) is 16.2 Å². The average Bonchev–Trinajstić information content (AvgIpc) is 3.11. The first-order valence-electron chi connectivity index (χ1n) is 7.58. The first-order chi connectivity index (χ1) is 11.1. The molecule has 4 rings (SSSR count). The van der Waals surface area contributed by atoms with Gasteiger partial charge in [0, 0.05) is 30.5 Å². The molecule has 0 saturated carbocycles. The number of aliphatic imine (C=N–C) groups is 1. The minimum absolute atomic E-state index is 0.0328. The highest BCUT2D eigenvalue weighted by molar-refractivity contribution is 6.08. The molecule has 6 nitrogen and oxygen atoms in total. The highest BCUT2D eigenvalue weighted by atomic mass is 16.2. The van der Waals surface area contributed by atoms with Gasteiger partial charge in [0.25, 0.3) is 0 Å². The lowest BCUT2D eigenvalue weighted by molar-refractivity contribution is 0.256. The Kier molecular flexibility index (Phi) is 3.04. The fourth-order valence-electron chi connectivity index (χ4n) is 3.10. The van der Waals surface area contributed by atoms with Gasteiger partial charge in [0.05, 0.1) is 18.4 Å². The zero-order valence-corrected chi connectivity index (χ0v) is 12.9. The van der Waals surface area contributed by atoms with Crippen LogP contribution in [0.2, 0.25) is 0 Å². The number of amides is 2. The fraction of sp³-hybridized carbons (Fsp3) is 0.235. The van der Waals surface area contributed by atoms with Gasteiger partial charge in [0.1, 0.15) is 5.84 Å². The van der Waals surface area contributed by atoms with Crippen LogP contribution in [-0.4, -0.2) is 29.9 Å². The van der Waals surface area contributed by atoms with E-state index in [9.17, 15) is 4.79 Å². The zero-order chi connectivity index (χ0) is 16.0. The van der Waals surface area contributed by atoms with E-state index in [1.165, 1.54) is 0 Å². The van der Waals surface area contributed by atoms with E-state index in [4.69, 9.17) is 5.73 Å². The Hall–Kier alpha value is -2.89. The predicted octanol–water partition coefficient (Wildman–Crippen LogP) is 2.06. The number of fused-ring (bicyclic) bond motifs is 1. The second kappa shape index (κ2) is 5.08. The summed E-state index contributed by atoms with van der Waals surface area (Å²) in [6.45, 7) is 3.89. The van der Waals surface area contributed by atoms with E-state index >= 15 is 0 Å². The van der Waals surface area contributed by atoms with E-state index in [2.05, 4.69) is 9.98 Å². The molecule has 3 heterocycles. The Labute approximate surface area is 134 Å². The van der Waals surface area contributed by atoms with Gasteiger partial charge in [-0.1, -0.05) is 6.07 Å². The second-order valence-electron chi connectivity index (χ2n) is 5.79. The molecule has 0 atom stereocenters. The summed E-state index contributed by atoms with van der Waals surface area (Å²) in [6, 6.07) is 7.80. The van der Waals surface area contributed by atoms with Crippen LogP contribution >= 0.6 is 0 Å². The SMILES string of the molecule is Cc1ccncc1N1CCN(c2ccc3c(c2)C(N)=NC3)C1=O. The number of carbonyl (C=O) groups is 1. The van der Waals surface area contributed by atoms with Gasteiger partial charge < -0.3 is 5.73 Å². The molecule has 2 aliphatic heterocycles. The number of benzene rings is 1. The van der Waals surface area contributed by atoms with E-state index in [0.717, 1.165) is 28.1 Å². The van der Waals surface area contributed by atoms with Gasteiger partial charge in [-0.3, -0.25) is 19.8 Å². The van der Waals surface area contributed by atoms with Crippen LogP contribution in [0.5, 0.6) is 0 Å². The van der Waals surface area contributed by atoms with E-state index in [0.29, 0.717) is 25.5 Å². The lowest BCUT2D eigenvalue weighted by Gasteiger charge is -2.20. The quantitative estimate of drug-likeness (QED) is 0.922. The van der Waals surface area contributed by atoms with Gasteiger partial charge in [-0.15, -0.1) is 0 Å². The number of amidine groups is 1. The number of rotatable bonds is 2. The minimum atomic E-state index is -0.0328. The molecule has 2 amide bonds. The molecule has 0 bridgehead atoms. The van der Waals surface area contributed by atoms with E-state index in [1.54, 1.807) is 22.2 Å².